The third-order valence-electron chi connectivity index (χ3n) is 3.39. The van der Waals surface area contributed by atoms with Gasteiger partial charge in [0.05, 0.1) is 0 Å². The van der Waals surface area contributed by atoms with Crippen LogP contribution in [0.5, 0.6) is 0 Å². The Morgan fingerprint density at radius 1 is 1.47 bits per heavy atom. The van der Waals surface area contributed by atoms with Crippen molar-refractivity contribution in [2.24, 2.45) is 17.6 Å². The van der Waals surface area contributed by atoms with E-state index in [9.17, 15) is 4.79 Å². The number of benzene rings is 1. The van der Waals surface area contributed by atoms with Gasteiger partial charge in [-0.2, -0.15) is 0 Å². The van der Waals surface area contributed by atoms with Crippen LogP contribution < -0.4 is 11.1 Å². The van der Waals surface area contributed by atoms with E-state index < -0.39 is 0 Å². The number of anilines is 1. The maximum absolute atomic E-state index is 12.1. The quantitative estimate of drug-likeness (QED) is 0.869. The first-order valence-corrected chi connectivity index (χ1v) is 6.35. The van der Waals surface area contributed by atoms with Gasteiger partial charge in [0.1, 0.15) is 0 Å². The van der Waals surface area contributed by atoms with Crippen LogP contribution in [0.4, 0.5) is 5.69 Å². The molecule has 1 fully saturated rings. The lowest BCUT2D eigenvalue weighted by Gasteiger charge is -2.17. The van der Waals surface area contributed by atoms with Crippen molar-refractivity contribution in [2.45, 2.75) is 19.3 Å². The van der Waals surface area contributed by atoms with Gasteiger partial charge in [-0.05, 0) is 43.5 Å². The molecule has 1 amide bonds. The second kappa shape index (κ2) is 5.52. The molecule has 17 heavy (non-hydrogen) atoms. The van der Waals surface area contributed by atoms with E-state index in [4.69, 9.17) is 17.3 Å². The molecule has 0 saturated heterocycles. The summed E-state index contributed by atoms with van der Waals surface area (Å²) in [6.45, 7) is 0.591. The normalized spacial score (nSPS) is 23.6. The number of rotatable bonds is 3. The molecule has 2 rings (SSSR count). The smallest absolute Gasteiger partial charge is 0.227 e. The van der Waals surface area contributed by atoms with E-state index >= 15 is 0 Å². The van der Waals surface area contributed by atoms with Crippen LogP contribution in [0, 0.1) is 11.8 Å². The van der Waals surface area contributed by atoms with Gasteiger partial charge in [0.25, 0.3) is 0 Å². The van der Waals surface area contributed by atoms with Crippen LogP contribution in [0.25, 0.3) is 0 Å². The van der Waals surface area contributed by atoms with Crippen molar-refractivity contribution < 1.29 is 4.79 Å². The molecule has 0 radical (unpaired) electrons. The first-order valence-electron chi connectivity index (χ1n) is 5.97. The lowest BCUT2D eigenvalue weighted by Crippen LogP contribution is -2.29. The Morgan fingerprint density at radius 2 is 2.29 bits per heavy atom. The van der Waals surface area contributed by atoms with Gasteiger partial charge in [-0.1, -0.05) is 24.1 Å². The zero-order valence-electron chi connectivity index (χ0n) is 9.66. The Balaban J connectivity index is 2.01. The average Bonchev–Trinajstić information content (AvgIpc) is 2.77. The minimum absolute atomic E-state index is 0.0546. The van der Waals surface area contributed by atoms with Crippen molar-refractivity contribution in [3.63, 3.8) is 0 Å². The predicted molar refractivity (Wildman–Crippen MR) is 70.0 cm³/mol. The van der Waals surface area contributed by atoms with Crippen molar-refractivity contribution in [1.82, 2.24) is 0 Å². The fourth-order valence-electron chi connectivity index (χ4n) is 2.47. The topological polar surface area (TPSA) is 55.1 Å². The van der Waals surface area contributed by atoms with Crippen molar-refractivity contribution in [3.05, 3.63) is 29.3 Å². The molecule has 3 nitrogen and oxygen atoms in total. The number of nitrogens with one attached hydrogen (secondary N) is 1. The summed E-state index contributed by atoms with van der Waals surface area (Å²) in [7, 11) is 0. The molecule has 1 aromatic carbocycles. The molecule has 0 aliphatic heterocycles. The molecule has 1 aliphatic carbocycles. The van der Waals surface area contributed by atoms with Crippen LogP contribution in [0.3, 0.4) is 0 Å². The second-order valence-electron chi connectivity index (χ2n) is 4.53. The molecule has 1 saturated carbocycles. The highest BCUT2D eigenvalue weighted by molar-refractivity contribution is 6.30. The molecule has 0 unspecified atom stereocenters. The molecule has 1 aromatic rings. The molecule has 0 bridgehead atoms. The number of nitrogens with two attached hydrogens (primary N) is 1. The maximum atomic E-state index is 12.1. The number of amides is 1. The molecule has 3 N–H and O–H groups in total. The monoisotopic (exact) mass is 252 g/mol. The van der Waals surface area contributed by atoms with Gasteiger partial charge < -0.3 is 11.1 Å². The van der Waals surface area contributed by atoms with Crippen LogP contribution >= 0.6 is 11.6 Å². The third-order valence-corrected chi connectivity index (χ3v) is 3.63. The van der Waals surface area contributed by atoms with Crippen molar-refractivity contribution in [3.8, 4) is 0 Å². The van der Waals surface area contributed by atoms with Gasteiger partial charge in [0.15, 0.2) is 0 Å². The molecular formula is C13H17ClN2O. The van der Waals surface area contributed by atoms with Gasteiger partial charge in [-0.25, -0.2) is 0 Å². The van der Waals surface area contributed by atoms with E-state index in [-0.39, 0.29) is 11.8 Å². The van der Waals surface area contributed by atoms with E-state index in [0.29, 0.717) is 17.5 Å². The minimum Gasteiger partial charge on any atom is -0.330 e. The summed E-state index contributed by atoms with van der Waals surface area (Å²) in [5.74, 6) is 0.452. The standard InChI is InChI=1S/C13H17ClN2O/c14-10-4-2-5-11(7-10)16-13(17)12-6-1-3-9(12)8-15/h2,4-5,7,9,12H,1,3,6,8,15H2,(H,16,17)/t9-,12-/m1/s1. The van der Waals surface area contributed by atoms with Crippen molar-refractivity contribution in [1.29, 1.82) is 0 Å². The van der Waals surface area contributed by atoms with E-state index in [1.807, 2.05) is 12.1 Å². The summed E-state index contributed by atoms with van der Waals surface area (Å²) in [6, 6.07) is 7.21. The Labute approximate surface area is 106 Å². The van der Waals surface area contributed by atoms with E-state index in [1.54, 1.807) is 12.1 Å². The number of carbonyl (C=O) groups excluding carboxylic acids is 1. The number of carbonyl (C=O) groups is 1. The minimum atomic E-state index is 0.0546. The summed E-state index contributed by atoms with van der Waals surface area (Å²) >= 11 is 5.87. The Kier molecular flexibility index (Phi) is 4.02. The summed E-state index contributed by atoms with van der Waals surface area (Å²) in [5.41, 5.74) is 6.43. The number of hydrogen-bond donors (Lipinski definition) is 2. The molecular weight excluding hydrogens is 236 g/mol. The Hall–Kier alpha value is -1.06. The average molecular weight is 253 g/mol. The number of halogens is 1. The lowest BCUT2D eigenvalue weighted by atomic mass is 9.95. The summed E-state index contributed by atoms with van der Waals surface area (Å²) in [6.07, 6.45) is 3.09. The second-order valence-corrected chi connectivity index (χ2v) is 4.97. The summed E-state index contributed by atoms with van der Waals surface area (Å²) in [4.78, 5) is 12.1. The van der Waals surface area contributed by atoms with Gasteiger partial charge in [-0.3, -0.25) is 4.79 Å². The molecule has 0 aromatic heterocycles. The highest BCUT2D eigenvalue weighted by Gasteiger charge is 2.31. The molecule has 92 valence electrons. The zero-order valence-corrected chi connectivity index (χ0v) is 10.4. The summed E-state index contributed by atoms with van der Waals surface area (Å²) < 4.78 is 0. The van der Waals surface area contributed by atoms with Gasteiger partial charge in [0, 0.05) is 16.6 Å². The highest BCUT2D eigenvalue weighted by Crippen LogP contribution is 2.32. The highest BCUT2D eigenvalue weighted by atomic mass is 35.5. The van der Waals surface area contributed by atoms with E-state index in [0.717, 1.165) is 24.9 Å². The third kappa shape index (κ3) is 2.99. The molecule has 4 heteroatoms. The molecule has 1 aliphatic rings. The van der Waals surface area contributed by atoms with Crippen LogP contribution in [-0.4, -0.2) is 12.5 Å². The maximum Gasteiger partial charge on any atom is 0.227 e. The lowest BCUT2D eigenvalue weighted by molar-refractivity contribution is -0.120. The van der Waals surface area contributed by atoms with E-state index in [2.05, 4.69) is 5.32 Å². The zero-order chi connectivity index (χ0) is 12.3. The Bertz CT molecular complexity index is 408. The SMILES string of the molecule is NC[C@H]1CCC[C@H]1C(=O)Nc1cccc(Cl)c1. The summed E-state index contributed by atoms with van der Waals surface area (Å²) in [5, 5.41) is 3.54. The van der Waals surface area contributed by atoms with Crippen LogP contribution in [0.15, 0.2) is 24.3 Å². The molecule has 2 atom stereocenters. The predicted octanol–water partition coefficient (Wildman–Crippen LogP) is 2.65. The first-order chi connectivity index (χ1) is 8.20. The largest absolute Gasteiger partial charge is 0.330 e. The van der Waals surface area contributed by atoms with Crippen molar-refractivity contribution in [2.75, 3.05) is 11.9 Å². The van der Waals surface area contributed by atoms with Crippen molar-refractivity contribution >= 4 is 23.2 Å². The van der Waals surface area contributed by atoms with Crippen LogP contribution in [-0.2, 0) is 4.79 Å². The molecule has 0 spiro atoms. The first kappa shape index (κ1) is 12.4. The van der Waals surface area contributed by atoms with Crippen LogP contribution in [0.2, 0.25) is 5.02 Å². The number of hydrogen-bond acceptors (Lipinski definition) is 2. The van der Waals surface area contributed by atoms with Gasteiger partial charge in [-0.15, -0.1) is 0 Å². The molecule has 0 heterocycles. The van der Waals surface area contributed by atoms with Crippen LogP contribution in [0.1, 0.15) is 19.3 Å². The Morgan fingerprint density at radius 3 is 3.00 bits per heavy atom. The van der Waals surface area contributed by atoms with Gasteiger partial charge >= 0.3 is 0 Å². The fraction of sp³-hybridized carbons (Fsp3) is 0.462. The fourth-order valence-corrected chi connectivity index (χ4v) is 2.66. The van der Waals surface area contributed by atoms with Gasteiger partial charge in [0.2, 0.25) is 5.91 Å². The van der Waals surface area contributed by atoms with E-state index in [1.165, 1.54) is 0 Å².